The predicted molar refractivity (Wildman–Crippen MR) is 200 cm³/mol. The third kappa shape index (κ3) is 11.1. The summed E-state index contributed by atoms with van der Waals surface area (Å²) in [5.41, 5.74) is 6.34. The van der Waals surface area contributed by atoms with E-state index in [0.29, 0.717) is 37.5 Å². The number of hydrogen-bond acceptors (Lipinski definition) is 6. The van der Waals surface area contributed by atoms with Gasteiger partial charge in [-0.05, 0) is 33.8 Å². The number of allylic oxidation sites excluding steroid dienone is 1. The van der Waals surface area contributed by atoms with Crippen molar-refractivity contribution in [3.63, 3.8) is 0 Å². The first-order chi connectivity index (χ1) is 23.0. The van der Waals surface area contributed by atoms with Gasteiger partial charge < -0.3 is 28.1 Å². The molecule has 5 atom stereocenters. The normalized spacial score (nSPS) is 22.2. The quantitative estimate of drug-likeness (QED) is 0.124. The highest BCUT2D eigenvalue weighted by Crippen LogP contribution is 2.40. The number of rotatable bonds is 18. The molecule has 6 nitrogen and oxygen atoms in total. The van der Waals surface area contributed by atoms with E-state index in [1.54, 1.807) is 7.11 Å². The molecule has 0 spiro atoms. The SMILES string of the molecule is CO[C@H]1O[C@H](COCc2ccccc2)[C@@H](OCc2ccccc2)[C@H](OCc2ccccc2)[C@@H]1O[Si](/C=C/C[Si](C)(C)C)(C(C)C)C(C)C. The molecule has 1 saturated heterocycles. The van der Waals surface area contributed by atoms with E-state index < -0.39 is 47.1 Å². The zero-order chi connectivity index (χ0) is 34.6. The third-order valence-electron chi connectivity index (χ3n) is 9.04. The summed E-state index contributed by atoms with van der Waals surface area (Å²) in [4.78, 5) is 0. The third-order valence-corrected chi connectivity index (χ3v) is 15.5. The summed E-state index contributed by atoms with van der Waals surface area (Å²) in [5, 5.41) is 0. The zero-order valence-corrected chi connectivity index (χ0v) is 32.3. The Kier molecular flexibility index (Phi) is 14.8. The van der Waals surface area contributed by atoms with Gasteiger partial charge in [-0.2, -0.15) is 0 Å². The van der Waals surface area contributed by atoms with Gasteiger partial charge in [-0.15, -0.1) is 0 Å². The van der Waals surface area contributed by atoms with Gasteiger partial charge >= 0.3 is 0 Å². The first kappa shape index (κ1) is 38.4. The standard InChI is InChI=1S/C40H58O6Si2/c1-31(2)48(32(3)4,26-18-25-47(6,7)8)46-39-38(44-29-35-23-16-11-17-24-35)37(43-28-34-21-14-10-15-22-34)36(45-40(39)41-5)30-42-27-33-19-12-9-13-20-33/h9-24,26,31-32,36-40H,25,27-30H2,1-8H3/b26-18+/t36-,37-,38+,39+,40+/m1/s1. The van der Waals surface area contributed by atoms with Crippen LogP contribution in [0.3, 0.4) is 0 Å². The van der Waals surface area contributed by atoms with Crippen molar-refractivity contribution in [3.8, 4) is 0 Å². The summed E-state index contributed by atoms with van der Waals surface area (Å²) in [6.45, 7) is 18.0. The monoisotopic (exact) mass is 690 g/mol. The first-order valence-electron chi connectivity index (χ1n) is 17.5. The maximum absolute atomic E-state index is 7.50. The zero-order valence-electron chi connectivity index (χ0n) is 30.3. The molecule has 0 amide bonds. The van der Waals surface area contributed by atoms with Crippen LogP contribution in [0, 0.1) is 0 Å². The van der Waals surface area contributed by atoms with E-state index in [0.717, 1.165) is 22.7 Å². The van der Waals surface area contributed by atoms with Crippen LogP contribution in [-0.4, -0.2) is 60.8 Å². The summed E-state index contributed by atoms with van der Waals surface area (Å²) in [6, 6.07) is 31.8. The molecule has 0 saturated carbocycles. The lowest BCUT2D eigenvalue weighted by Crippen LogP contribution is -2.64. The Bertz CT molecular complexity index is 1340. The minimum atomic E-state index is -2.54. The maximum Gasteiger partial charge on any atom is 0.222 e. The van der Waals surface area contributed by atoms with Gasteiger partial charge in [-0.3, -0.25) is 0 Å². The van der Waals surface area contributed by atoms with Gasteiger partial charge in [0.15, 0.2) is 6.29 Å². The molecule has 48 heavy (non-hydrogen) atoms. The molecule has 1 fully saturated rings. The van der Waals surface area contributed by atoms with E-state index >= 15 is 0 Å². The average molecular weight is 691 g/mol. The van der Waals surface area contributed by atoms with Crippen LogP contribution < -0.4 is 0 Å². The van der Waals surface area contributed by atoms with Crippen molar-refractivity contribution in [2.24, 2.45) is 0 Å². The van der Waals surface area contributed by atoms with Crippen molar-refractivity contribution in [2.45, 2.75) is 115 Å². The topological polar surface area (TPSA) is 55.4 Å². The molecule has 262 valence electrons. The molecule has 1 aliphatic heterocycles. The number of hydrogen-bond donors (Lipinski definition) is 0. The second-order valence-corrected chi connectivity index (χ2v) is 24.8. The average Bonchev–Trinajstić information content (AvgIpc) is 3.07. The molecule has 3 aromatic carbocycles. The van der Waals surface area contributed by atoms with Gasteiger partial charge in [-0.1, -0.05) is 150 Å². The first-order valence-corrected chi connectivity index (χ1v) is 23.3. The molecule has 4 rings (SSSR count). The highest BCUT2D eigenvalue weighted by Gasteiger charge is 2.53. The summed E-state index contributed by atoms with van der Waals surface area (Å²) in [6.07, 6.45) is -0.182. The Hall–Kier alpha value is -2.41. The Labute approximate surface area is 291 Å². The van der Waals surface area contributed by atoms with Crippen LogP contribution in [0.4, 0.5) is 0 Å². The molecule has 3 aromatic rings. The largest absolute Gasteiger partial charge is 0.402 e. The highest BCUT2D eigenvalue weighted by atomic mass is 28.4. The van der Waals surface area contributed by atoms with Gasteiger partial charge in [0.05, 0.1) is 26.4 Å². The van der Waals surface area contributed by atoms with E-state index in [9.17, 15) is 0 Å². The lowest BCUT2D eigenvalue weighted by atomic mass is 9.98. The van der Waals surface area contributed by atoms with E-state index in [-0.39, 0.29) is 0 Å². The number of ether oxygens (including phenoxy) is 5. The summed E-state index contributed by atoms with van der Waals surface area (Å²) < 4.78 is 40.4. The molecule has 0 aromatic heterocycles. The molecule has 0 unspecified atom stereocenters. The smallest absolute Gasteiger partial charge is 0.222 e. The molecule has 0 aliphatic carbocycles. The van der Waals surface area contributed by atoms with Crippen LogP contribution in [0.25, 0.3) is 0 Å². The molecule has 0 N–H and O–H groups in total. The van der Waals surface area contributed by atoms with Gasteiger partial charge in [0, 0.05) is 15.2 Å². The second kappa shape index (κ2) is 18.5. The van der Waals surface area contributed by atoms with E-state index in [2.05, 4.69) is 95.5 Å². The van der Waals surface area contributed by atoms with Crippen molar-refractivity contribution >= 4 is 16.4 Å². The van der Waals surface area contributed by atoms with Crippen LogP contribution in [-0.2, 0) is 47.9 Å². The molecule has 0 bridgehead atoms. The Morgan fingerprint density at radius 2 is 1.15 bits per heavy atom. The van der Waals surface area contributed by atoms with Crippen molar-refractivity contribution in [2.75, 3.05) is 13.7 Å². The van der Waals surface area contributed by atoms with Gasteiger partial charge in [0.2, 0.25) is 8.32 Å². The van der Waals surface area contributed by atoms with Gasteiger partial charge in [0.25, 0.3) is 0 Å². The van der Waals surface area contributed by atoms with Gasteiger partial charge in [0.1, 0.15) is 24.4 Å². The number of benzene rings is 3. The Morgan fingerprint density at radius 3 is 1.60 bits per heavy atom. The highest BCUT2D eigenvalue weighted by molar-refractivity contribution is 6.81. The van der Waals surface area contributed by atoms with Crippen LogP contribution in [0.2, 0.25) is 36.8 Å². The van der Waals surface area contributed by atoms with E-state index in [4.69, 9.17) is 28.1 Å². The molecule has 1 heterocycles. The van der Waals surface area contributed by atoms with Crippen molar-refractivity contribution < 1.29 is 28.1 Å². The van der Waals surface area contributed by atoms with E-state index in [1.807, 2.05) is 54.6 Å². The fourth-order valence-electron chi connectivity index (χ4n) is 6.31. The molecule has 8 heteroatoms. The fourth-order valence-corrected chi connectivity index (χ4v) is 11.3. The van der Waals surface area contributed by atoms with Crippen LogP contribution in [0.1, 0.15) is 44.4 Å². The summed E-state index contributed by atoms with van der Waals surface area (Å²) in [5.74, 6) is 0. The van der Waals surface area contributed by atoms with E-state index in [1.165, 1.54) is 0 Å². The minimum absolute atomic E-state index is 0.318. The second-order valence-electron chi connectivity index (χ2n) is 14.7. The Balaban J connectivity index is 1.71. The van der Waals surface area contributed by atoms with Crippen LogP contribution in [0.15, 0.2) is 103 Å². The maximum atomic E-state index is 7.50. The van der Waals surface area contributed by atoms with Gasteiger partial charge in [-0.25, -0.2) is 0 Å². The van der Waals surface area contributed by atoms with Crippen LogP contribution in [0.5, 0.6) is 0 Å². The Morgan fingerprint density at radius 1 is 0.667 bits per heavy atom. The predicted octanol–water partition coefficient (Wildman–Crippen LogP) is 9.33. The molecular weight excluding hydrogens is 633 g/mol. The molecular formula is C40H58O6Si2. The summed E-state index contributed by atoms with van der Waals surface area (Å²) >= 11 is 0. The van der Waals surface area contributed by atoms with Crippen molar-refractivity contribution in [1.82, 2.24) is 0 Å². The fraction of sp³-hybridized carbons (Fsp3) is 0.500. The molecule has 1 aliphatic rings. The van der Waals surface area contributed by atoms with Crippen molar-refractivity contribution in [1.29, 1.82) is 0 Å². The van der Waals surface area contributed by atoms with Crippen molar-refractivity contribution in [3.05, 3.63) is 119 Å². The minimum Gasteiger partial charge on any atom is -0.402 e. The number of methoxy groups -OCH3 is 1. The molecule has 0 radical (unpaired) electrons. The summed E-state index contributed by atoms with van der Waals surface area (Å²) in [7, 11) is -2.14. The lowest BCUT2D eigenvalue weighted by molar-refractivity contribution is -0.310. The lowest BCUT2D eigenvalue weighted by Gasteiger charge is -2.49. The van der Waals surface area contributed by atoms with Crippen LogP contribution >= 0.6 is 0 Å².